The molecular formula is C23H33Cl3N4O2. The Kier molecular flexibility index (Phi) is 14.8. The average molecular weight is 504 g/mol. The van der Waals surface area contributed by atoms with Crippen molar-refractivity contribution in [2.45, 2.75) is 18.9 Å². The van der Waals surface area contributed by atoms with Crippen molar-refractivity contribution in [3.05, 3.63) is 65.7 Å². The van der Waals surface area contributed by atoms with Crippen molar-refractivity contribution in [1.29, 1.82) is 5.41 Å². The van der Waals surface area contributed by atoms with Gasteiger partial charge in [0, 0.05) is 24.3 Å². The SMILES string of the molecule is Cl.Cl.Cl.N=C(N)c1cccc(/C=C/CN(CCO)c2ccc(OC3CCNCC3)cc2)c1. The minimum atomic E-state index is 0. The summed E-state index contributed by atoms with van der Waals surface area (Å²) < 4.78 is 6.07. The number of nitrogens with zero attached hydrogens (tertiary/aromatic N) is 1. The number of ether oxygens (including phenoxy) is 1. The van der Waals surface area contributed by atoms with E-state index in [4.69, 9.17) is 15.9 Å². The van der Waals surface area contributed by atoms with Gasteiger partial charge in [0.15, 0.2) is 0 Å². The van der Waals surface area contributed by atoms with Crippen LogP contribution >= 0.6 is 37.2 Å². The lowest BCUT2D eigenvalue weighted by molar-refractivity contribution is 0.162. The average Bonchev–Trinajstić information content (AvgIpc) is 2.75. The summed E-state index contributed by atoms with van der Waals surface area (Å²) in [5, 5.41) is 20.3. The molecule has 0 spiro atoms. The van der Waals surface area contributed by atoms with Crippen LogP contribution in [-0.2, 0) is 0 Å². The number of rotatable bonds is 9. The molecule has 1 saturated heterocycles. The molecule has 1 aliphatic rings. The van der Waals surface area contributed by atoms with Crippen LogP contribution in [0.25, 0.3) is 6.08 Å². The van der Waals surface area contributed by atoms with Crippen molar-refractivity contribution in [2.24, 2.45) is 5.73 Å². The molecule has 9 heteroatoms. The fourth-order valence-electron chi connectivity index (χ4n) is 3.41. The van der Waals surface area contributed by atoms with Gasteiger partial charge in [0.05, 0.1) is 6.61 Å². The van der Waals surface area contributed by atoms with E-state index >= 15 is 0 Å². The summed E-state index contributed by atoms with van der Waals surface area (Å²) >= 11 is 0. The number of hydrogen-bond acceptors (Lipinski definition) is 5. The number of anilines is 1. The molecule has 178 valence electrons. The Morgan fingerprint density at radius 1 is 1.12 bits per heavy atom. The number of nitrogens with two attached hydrogens (primary N) is 1. The van der Waals surface area contributed by atoms with Crippen LogP contribution in [0.15, 0.2) is 54.6 Å². The van der Waals surface area contributed by atoms with E-state index in [2.05, 4.69) is 10.2 Å². The number of hydrogen-bond donors (Lipinski definition) is 4. The Labute approximate surface area is 209 Å². The fourth-order valence-corrected chi connectivity index (χ4v) is 3.41. The molecule has 3 rings (SSSR count). The summed E-state index contributed by atoms with van der Waals surface area (Å²) in [5.74, 6) is 0.954. The molecule has 0 saturated carbocycles. The highest BCUT2D eigenvalue weighted by molar-refractivity contribution is 5.95. The number of benzene rings is 2. The molecule has 5 N–H and O–H groups in total. The second-order valence-corrected chi connectivity index (χ2v) is 7.17. The van der Waals surface area contributed by atoms with Crippen molar-refractivity contribution >= 4 is 54.8 Å². The third-order valence-corrected chi connectivity index (χ3v) is 4.99. The molecule has 0 bridgehead atoms. The summed E-state index contributed by atoms with van der Waals surface area (Å²) in [7, 11) is 0. The molecule has 1 fully saturated rings. The number of nitrogen functional groups attached to an aromatic ring is 1. The second kappa shape index (κ2) is 15.8. The Balaban J connectivity index is 0.00000320. The van der Waals surface area contributed by atoms with Gasteiger partial charge in [0.1, 0.15) is 17.7 Å². The van der Waals surface area contributed by atoms with Crippen LogP contribution in [0.1, 0.15) is 24.0 Å². The second-order valence-electron chi connectivity index (χ2n) is 7.17. The Morgan fingerprint density at radius 3 is 2.44 bits per heavy atom. The maximum absolute atomic E-state index is 9.45. The minimum Gasteiger partial charge on any atom is -0.490 e. The van der Waals surface area contributed by atoms with Crippen LogP contribution in [0.4, 0.5) is 5.69 Å². The molecule has 2 aromatic carbocycles. The van der Waals surface area contributed by atoms with Crippen molar-refractivity contribution in [1.82, 2.24) is 5.32 Å². The van der Waals surface area contributed by atoms with Gasteiger partial charge in [-0.3, -0.25) is 5.41 Å². The van der Waals surface area contributed by atoms with E-state index in [0.717, 1.165) is 42.9 Å². The topological polar surface area (TPSA) is 94.6 Å². The summed E-state index contributed by atoms with van der Waals surface area (Å²) in [6.07, 6.45) is 6.41. The third-order valence-electron chi connectivity index (χ3n) is 4.99. The molecular weight excluding hydrogens is 471 g/mol. The first-order chi connectivity index (χ1) is 14.2. The van der Waals surface area contributed by atoms with E-state index in [0.29, 0.717) is 18.7 Å². The largest absolute Gasteiger partial charge is 0.490 e. The van der Waals surface area contributed by atoms with Gasteiger partial charge < -0.3 is 25.8 Å². The number of amidine groups is 1. The Morgan fingerprint density at radius 2 is 1.81 bits per heavy atom. The van der Waals surface area contributed by atoms with E-state index in [1.54, 1.807) is 0 Å². The van der Waals surface area contributed by atoms with Gasteiger partial charge in [-0.2, -0.15) is 0 Å². The molecule has 0 aromatic heterocycles. The van der Waals surface area contributed by atoms with Gasteiger partial charge in [0.25, 0.3) is 0 Å². The summed E-state index contributed by atoms with van der Waals surface area (Å²) in [5.41, 5.74) is 8.30. The maximum Gasteiger partial charge on any atom is 0.122 e. The van der Waals surface area contributed by atoms with Crippen molar-refractivity contribution < 1.29 is 9.84 Å². The predicted molar refractivity (Wildman–Crippen MR) is 140 cm³/mol. The minimum absolute atomic E-state index is 0. The molecule has 6 nitrogen and oxygen atoms in total. The van der Waals surface area contributed by atoms with E-state index < -0.39 is 0 Å². The van der Waals surface area contributed by atoms with Gasteiger partial charge in [0.2, 0.25) is 0 Å². The lowest BCUT2D eigenvalue weighted by atomic mass is 10.1. The first-order valence-electron chi connectivity index (χ1n) is 10.1. The zero-order valence-electron chi connectivity index (χ0n) is 17.9. The maximum atomic E-state index is 9.45. The highest BCUT2D eigenvalue weighted by Crippen LogP contribution is 2.22. The Hall–Kier alpha value is -1.96. The first kappa shape index (κ1) is 30.0. The third kappa shape index (κ3) is 9.27. The molecule has 1 aliphatic heterocycles. The molecule has 0 unspecified atom stereocenters. The van der Waals surface area contributed by atoms with Gasteiger partial charge in [-0.25, -0.2) is 0 Å². The van der Waals surface area contributed by atoms with E-state index in [1.165, 1.54) is 0 Å². The van der Waals surface area contributed by atoms with Crippen LogP contribution in [-0.4, -0.2) is 49.8 Å². The number of aliphatic hydroxyl groups excluding tert-OH is 1. The van der Waals surface area contributed by atoms with Gasteiger partial charge in [-0.05, 0) is 61.8 Å². The quantitative estimate of drug-likeness (QED) is 0.308. The number of aliphatic hydroxyl groups is 1. The zero-order chi connectivity index (χ0) is 20.5. The van der Waals surface area contributed by atoms with E-state index in [9.17, 15) is 5.11 Å². The lowest BCUT2D eigenvalue weighted by Gasteiger charge is -2.25. The van der Waals surface area contributed by atoms with Crippen molar-refractivity contribution in [3.63, 3.8) is 0 Å². The van der Waals surface area contributed by atoms with Crippen molar-refractivity contribution in [2.75, 3.05) is 37.7 Å². The standard InChI is InChI=1S/C23H30N4O2.3ClH/c24-23(25)19-5-1-3-18(17-19)4-2-14-27(15-16-28)20-6-8-21(9-7-20)29-22-10-12-26-13-11-22;;;/h1-9,17,22,26,28H,10-16H2,(H3,24,25);3*1H/b4-2+;;;. The highest BCUT2D eigenvalue weighted by Gasteiger charge is 2.14. The van der Waals surface area contributed by atoms with Crippen LogP contribution in [0, 0.1) is 5.41 Å². The molecule has 0 atom stereocenters. The monoisotopic (exact) mass is 502 g/mol. The highest BCUT2D eigenvalue weighted by atomic mass is 35.5. The van der Waals surface area contributed by atoms with Crippen molar-refractivity contribution in [3.8, 4) is 5.75 Å². The number of nitrogens with one attached hydrogen (secondary N) is 2. The lowest BCUT2D eigenvalue weighted by Crippen LogP contribution is -2.34. The fraction of sp³-hybridized carbons (Fsp3) is 0.348. The summed E-state index contributed by atoms with van der Waals surface area (Å²) in [6.45, 7) is 3.32. The summed E-state index contributed by atoms with van der Waals surface area (Å²) in [4.78, 5) is 2.11. The van der Waals surface area contributed by atoms with Crippen LogP contribution in [0.3, 0.4) is 0 Å². The zero-order valence-corrected chi connectivity index (χ0v) is 20.4. The van der Waals surface area contributed by atoms with Crippen LogP contribution in [0.2, 0.25) is 0 Å². The van der Waals surface area contributed by atoms with Gasteiger partial charge in [-0.1, -0.05) is 30.4 Å². The van der Waals surface area contributed by atoms with E-state index in [-0.39, 0.29) is 55.8 Å². The summed E-state index contributed by atoms with van der Waals surface area (Å²) in [6, 6.07) is 15.7. The molecule has 0 aliphatic carbocycles. The number of halogens is 3. The molecule has 0 amide bonds. The first-order valence-corrected chi connectivity index (χ1v) is 10.1. The van der Waals surface area contributed by atoms with Gasteiger partial charge in [-0.15, -0.1) is 37.2 Å². The Bertz CT molecular complexity index is 828. The molecule has 32 heavy (non-hydrogen) atoms. The van der Waals surface area contributed by atoms with Crippen LogP contribution < -0.4 is 20.7 Å². The smallest absolute Gasteiger partial charge is 0.122 e. The molecule has 0 radical (unpaired) electrons. The van der Waals surface area contributed by atoms with Gasteiger partial charge >= 0.3 is 0 Å². The molecule has 1 heterocycles. The molecule has 2 aromatic rings. The normalized spacial score (nSPS) is 13.4. The van der Waals surface area contributed by atoms with E-state index in [1.807, 2.05) is 60.7 Å². The predicted octanol–water partition coefficient (Wildman–Crippen LogP) is 3.88. The van der Waals surface area contributed by atoms with Crippen LogP contribution in [0.5, 0.6) is 5.75 Å². The number of piperidine rings is 1.